The van der Waals surface area contributed by atoms with Gasteiger partial charge >= 0.3 is 0 Å². The highest BCUT2D eigenvalue weighted by Crippen LogP contribution is 2.33. The lowest BCUT2D eigenvalue weighted by atomic mass is 9.91. The zero-order valence-corrected chi connectivity index (χ0v) is 22.2. The quantitative estimate of drug-likeness (QED) is 0.320. The second-order valence-electron chi connectivity index (χ2n) is 10.1. The minimum atomic E-state index is -0.598. The average molecular weight is 511 g/mol. The number of nitrogens with zero attached hydrogens (tertiary/aromatic N) is 2. The largest absolute Gasteiger partial charge is 0.494 e. The maximum absolute atomic E-state index is 13.9. The van der Waals surface area contributed by atoms with Crippen LogP contribution in [-0.2, 0) is 16.0 Å². The summed E-state index contributed by atoms with van der Waals surface area (Å²) in [5.74, 6) is 0.878. The molecule has 2 aromatic rings. The summed E-state index contributed by atoms with van der Waals surface area (Å²) in [5.41, 5.74) is 1.95. The molecule has 1 heterocycles. The number of benzene rings is 2. The first-order valence-corrected chi connectivity index (χ1v) is 14.0. The van der Waals surface area contributed by atoms with E-state index in [0.717, 1.165) is 49.0 Å². The van der Waals surface area contributed by atoms with E-state index < -0.39 is 6.04 Å². The van der Waals surface area contributed by atoms with Gasteiger partial charge in [0.1, 0.15) is 18.3 Å². The summed E-state index contributed by atoms with van der Waals surface area (Å²) >= 11 is 6.04. The second-order valence-corrected chi connectivity index (χ2v) is 10.5. The lowest BCUT2D eigenvalue weighted by Gasteiger charge is -2.44. The normalized spacial score (nSPS) is 19.1. The van der Waals surface area contributed by atoms with E-state index >= 15 is 0 Å². The molecule has 1 atom stereocenters. The molecule has 0 radical (unpaired) electrons. The fourth-order valence-corrected chi connectivity index (χ4v) is 5.52. The first-order valence-electron chi connectivity index (χ1n) is 13.6. The van der Waals surface area contributed by atoms with E-state index in [2.05, 4.69) is 6.92 Å². The van der Waals surface area contributed by atoms with Crippen LogP contribution in [-0.4, -0.2) is 47.4 Å². The van der Waals surface area contributed by atoms with Crippen LogP contribution in [0.15, 0.2) is 48.5 Å². The zero-order chi connectivity index (χ0) is 25.3. The van der Waals surface area contributed by atoms with E-state index in [4.69, 9.17) is 16.3 Å². The van der Waals surface area contributed by atoms with Crippen LogP contribution in [0.3, 0.4) is 0 Å². The maximum Gasteiger partial charge on any atom is 0.250 e. The second kappa shape index (κ2) is 13.1. The summed E-state index contributed by atoms with van der Waals surface area (Å²) in [6, 6.07) is 15.0. The molecular weight excluding hydrogens is 472 g/mol. The van der Waals surface area contributed by atoms with Crippen molar-refractivity contribution in [3.05, 3.63) is 64.7 Å². The van der Waals surface area contributed by atoms with Gasteiger partial charge in [0.2, 0.25) is 5.91 Å². The number of unbranched alkanes of at least 4 members (excludes halogenated alkanes) is 3. The number of ether oxygens (including phenoxy) is 1. The van der Waals surface area contributed by atoms with Crippen LogP contribution >= 0.6 is 11.6 Å². The highest BCUT2D eigenvalue weighted by molar-refractivity contribution is 6.30. The van der Waals surface area contributed by atoms with E-state index in [1.54, 1.807) is 4.90 Å². The Kier molecular flexibility index (Phi) is 9.68. The third kappa shape index (κ3) is 6.82. The van der Waals surface area contributed by atoms with Crippen molar-refractivity contribution in [2.75, 3.05) is 19.7 Å². The number of rotatable bonds is 11. The van der Waals surface area contributed by atoms with E-state index in [0.29, 0.717) is 24.6 Å². The first kappa shape index (κ1) is 26.5. The predicted octanol–water partition coefficient (Wildman–Crippen LogP) is 6.59. The van der Waals surface area contributed by atoms with Gasteiger partial charge in [-0.05, 0) is 61.1 Å². The van der Waals surface area contributed by atoms with Crippen molar-refractivity contribution in [3.8, 4) is 5.75 Å². The average Bonchev–Trinajstić information content (AvgIpc) is 2.90. The fourth-order valence-electron chi connectivity index (χ4n) is 5.39. The Morgan fingerprint density at radius 1 is 0.917 bits per heavy atom. The number of piperazine rings is 1. The number of carbonyl (C=O) groups excluding carboxylic acids is 2. The fraction of sp³-hybridized carbons (Fsp3) is 0.533. The first-order chi connectivity index (χ1) is 17.6. The molecule has 36 heavy (non-hydrogen) atoms. The number of carbonyl (C=O) groups is 2. The van der Waals surface area contributed by atoms with Gasteiger partial charge in [0.25, 0.3) is 5.91 Å². The van der Waals surface area contributed by atoms with E-state index in [9.17, 15) is 9.59 Å². The van der Waals surface area contributed by atoms with Gasteiger partial charge < -0.3 is 14.5 Å². The van der Waals surface area contributed by atoms with Crippen molar-refractivity contribution in [1.82, 2.24) is 9.80 Å². The molecule has 1 unspecified atom stereocenters. The van der Waals surface area contributed by atoms with E-state index in [-0.39, 0.29) is 24.4 Å². The highest BCUT2D eigenvalue weighted by Gasteiger charge is 2.42. The lowest BCUT2D eigenvalue weighted by molar-refractivity contribution is -0.159. The van der Waals surface area contributed by atoms with E-state index in [1.165, 1.54) is 25.7 Å². The molecule has 0 N–H and O–H groups in total. The van der Waals surface area contributed by atoms with Crippen LogP contribution in [0.5, 0.6) is 5.75 Å². The molecule has 194 valence electrons. The Hall–Kier alpha value is -2.53. The molecule has 5 nitrogen and oxygen atoms in total. The molecule has 0 aromatic heterocycles. The minimum absolute atomic E-state index is 0.0235. The number of hydrogen-bond donors (Lipinski definition) is 0. The monoisotopic (exact) mass is 510 g/mol. The number of hydrogen-bond acceptors (Lipinski definition) is 3. The molecule has 4 rings (SSSR count). The Morgan fingerprint density at radius 3 is 2.33 bits per heavy atom. The molecule has 2 amide bonds. The van der Waals surface area contributed by atoms with Gasteiger partial charge in [-0.1, -0.05) is 81.3 Å². The van der Waals surface area contributed by atoms with Gasteiger partial charge in [0.05, 0.1) is 6.61 Å². The van der Waals surface area contributed by atoms with Gasteiger partial charge in [-0.2, -0.15) is 0 Å². The van der Waals surface area contributed by atoms with E-state index in [1.807, 2.05) is 53.4 Å². The predicted molar refractivity (Wildman–Crippen MR) is 144 cm³/mol. The molecule has 6 heteroatoms. The molecule has 0 spiro atoms. The van der Waals surface area contributed by atoms with Crippen molar-refractivity contribution < 1.29 is 14.3 Å². The van der Waals surface area contributed by atoms with Crippen LogP contribution < -0.4 is 4.74 Å². The smallest absolute Gasteiger partial charge is 0.250 e. The van der Waals surface area contributed by atoms with Gasteiger partial charge in [0, 0.05) is 17.6 Å². The Balaban J connectivity index is 1.50. The summed E-state index contributed by atoms with van der Waals surface area (Å²) in [6.07, 6.45) is 10.8. The van der Waals surface area contributed by atoms with Crippen LogP contribution in [0.4, 0.5) is 0 Å². The Labute approximate surface area is 220 Å². The molecule has 1 aliphatic heterocycles. The van der Waals surface area contributed by atoms with Crippen LogP contribution in [0.1, 0.15) is 81.9 Å². The summed E-state index contributed by atoms with van der Waals surface area (Å²) in [5, 5.41) is 0.691. The molecule has 2 fully saturated rings. The van der Waals surface area contributed by atoms with Gasteiger partial charge in [0.15, 0.2) is 0 Å². The minimum Gasteiger partial charge on any atom is -0.494 e. The Morgan fingerprint density at radius 2 is 1.64 bits per heavy atom. The zero-order valence-electron chi connectivity index (χ0n) is 21.5. The third-order valence-electron chi connectivity index (χ3n) is 7.49. The van der Waals surface area contributed by atoms with Crippen molar-refractivity contribution in [3.63, 3.8) is 0 Å². The standard InChI is InChI=1S/C30H39ClN2O3/c1-2-3-4-8-21-36-27-17-13-24(14-18-27)29-30(35)33(26-9-6-5-7-10-26)22-28(34)32(29)20-19-23-11-15-25(31)16-12-23/h11-18,26,29H,2-10,19-22H2,1H3. The molecule has 0 bridgehead atoms. The molecule has 1 aliphatic carbocycles. The lowest BCUT2D eigenvalue weighted by Crippen LogP contribution is -2.58. The summed E-state index contributed by atoms with van der Waals surface area (Å²) in [6.45, 7) is 3.57. The molecular formula is C30H39ClN2O3. The topological polar surface area (TPSA) is 49.9 Å². The van der Waals surface area contributed by atoms with Crippen molar-refractivity contribution >= 4 is 23.4 Å². The molecule has 1 saturated heterocycles. The van der Waals surface area contributed by atoms with Crippen LogP contribution in [0.2, 0.25) is 5.02 Å². The summed E-state index contributed by atoms with van der Waals surface area (Å²) in [7, 11) is 0. The van der Waals surface area contributed by atoms with Crippen molar-refractivity contribution in [2.24, 2.45) is 0 Å². The third-order valence-corrected chi connectivity index (χ3v) is 7.74. The van der Waals surface area contributed by atoms with Crippen molar-refractivity contribution in [1.29, 1.82) is 0 Å². The SMILES string of the molecule is CCCCCCOc1ccc(C2C(=O)N(C3CCCCC3)CC(=O)N2CCc2ccc(Cl)cc2)cc1. The molecule has 2 aromatic carbocycles. The van der Waals surface area contributed by atoms with Crippen molar-refractivity contribution in [2.45, 2.75) is 83.2 Å². The highest BCUT2D eigenvalue weighted by atomic mass is 35.5. The number of amides is 2. The maximum atomic E-state index is 13.9. The van der Waals surface area contributed by atoms with Gasteiger partial charge in [-0.3, -0.25) is 9.59 Å². The summed E-state index contributed by atoms with van der Waals surface area (Å²) in [4.78, 5) is 30.9. The molecule has 1 saturated carbocycles. The summed E-state index contributed by atoms with van der Waals surface area (Å²) < 4.78 is 5.91. The van der Waals surface area contributed by atoms with Gasteiger partial charge in [-0.15, -0.1) is 0 Å². The number of halogens is 1. The van der Waals surface area contributed by atoms with Crippen LogP contribution in [0.25, 0.3) is 0 Å². The molecule has 2 aliphatic rings. The van der Waals surface area contributed by atoms with Gasteiger partial charge in [-0.25, -0.2) is 0 Å². The van der Waals surface area contributed by atoms with Crippen LogP contribution in [0, 0.1) is 0 Å². The Bertz CT molecular complexity index is 986.